The van der Waals surface area contributed by atoms with Gasteiger partial charge in [-0.15, -0.1) is 0 Å². The molecule has 2 fully saturated rings. The minimum absolute atomic E-state index is 0.0904. The molecule has 1 atom stereocenters. The Morgan fingerprint density at radius 2 is 1.63 bits per heavy atom. The van der Waals surface area contributed by atoms with Gasteiger partial charge >= 0.3 is 0 Å². The van der Waals surface area contributed by atoms with Gasteiger partial charge in [0.15, 0.2) is 0 Å². The smallest absolute Gasteiger partial charge is 0.251 e. The van der Waals surface area contributed by atoms with Gasteiger partial charge in [0.2, 0.25) is 15.9 Å². The Bertz CT molecular complexity index is 782. The van der Waals surface area contributed by atoms with Gasteiger partial charge < -0.3 is 15.0 Å². The normalized spacial score (nSPS) is 19.7. The summed E-state index contributed by atoms with van der Waals surface area (Å²) in [4.78, 5) is 26.6. The summed E-state index contributed by atoms with van der Waals surface area (Å²) in [5, 5.41) is 2.69. The Balaban J connectivity index is 1.64. The number of amides is 2. The molecule has 8 nitrogen and oxygen atoms in total. The second-order valence-electron chi connectivity index (χ2n) is 6.77. The molecule has 1 N–H and O–H groups in total. The lowest BCUT2D eigenvalue weighted by Gasteiger charge is -2.26. The van der Waals surface area contributed by atoms with E-state index in [0.717, 1.165) is 25.9 Å². The molecule has 9 heteroatoms. The number of carbonyl (C=O) groups is 2. The summed E-state index contributed by atoms with van der Waals surface area (Å²) in [5.74, 6) is -0.488. The molecule has 0 saturated carbocycles. The zero-order valence-corrected chi connectivity index (χ0v) is 16.2. The molecule has 0 spiro atoms. The molecule has 1 aromatic rings. The number of hydrogen-bond donors (Lipinski definition) is 1. The van der Waals surface area contributed by atoms with E-state index in [1.165, 1.54) is 28.6 Å². The molecule has 2 aliphatic heterocycles. The molecule has 2 aliphatic rings. The van der Waals surface area contributed by atoms with E-state index in [9.17, 15) is 18.0 Å². The van der Waals surface area contributed by atoms with Crippen molar-refractivity contribution in [1.29, 1.82) is 0 Å². The fourth-order valence-corrected chi connectivity index (χ4v) is 4.68. The first-order valence-corrected chi connectivity index (χ1v) is 10.6. The number of rotatable bonds is 5. The molecule has 0 radical (unpaired) electrons. The average Bonchev–Trinajstić information content (AvgIpc) is 3.23. The summed E-state index contributed by atoms with van der Waals surface area (Å²) < 4.78 is 31.8. The van der Waals surface area contributed by atoms with Crippen LogP contribution in [0.3, 0.4) is 0 Å². The second-order valence-corrected chi connectivity index (χ2v) is 8.71. The lowest BCUT2D eigenvalue weighted by atomic mass is 10.2. The lowest BCUT2D eigenvalue weighted by Crippen LogP contribution is -2.45. The number of ether oxygens (including phenoxy) is 1. The van der Waals surface area contributed by atoms with E-state index >= 15 is 0 Å². The van der Waals surface area contributed by atoms with E-state index in [1.807, 2.05) is 0 Å². The van der Waals surface area contributed by atoms with Gasteiger partial charge in [0.25, 0.3) is 5.91 Å². The topological polar surface area (TPSA) is 96.0 Å². The summed E-state index contributed by atoms with van der Waals surface area (Å²) >= 11 is 0. The largest absolute Gasteiger partial charge is 0.379 e. The van der Waals surface area contributed by atoms with E-state index in [0.29, 0.717) is 31.9 Å². The minimum atomic E-state index is -3.59. The number of sulfonamides is 1. The zero-order valence-electron chi connectivity index (χ0n) is 15.4. The maximum Gasteiger partial charge on any atom is 0.251 e. The van der Waals surface area contributed by atoms with Crippen molar-refractivity contribution in [2.24, 2.45) is 0 Å². The van der Waals surface area contributed by atoms with Crippen LogP contribution in [0.25, 0.3) is 0 Å². The number of nitrogens with one attached hydrogen (secondary N) is 1. The van der Waals surface area contributed by atoms with Gasteiger partial charge in [-0.1, -0.05) is 0 Å². The Labute approximate surface area is 159 Å². The third-order valence-corrected chi connectivity index (χ3v) is 6.77. The summed E-state index contributed by atoms with van der Waals surface area (Å²) in [5.41, 5.74) is 0.317. The highest BCUT2D eigenvalue weighted by Crippen LogP contribution is 2.18. The fourth-order valence-electron chi connectivity index (χ4n) is 3.27. The van der Waals surface area contributed by atoms with Crippen LogP contribution >= 0.6 is 0 Å². The molecular formula is C18H25N3O5S. The monoisotopic (exact) mass is 395 g/mol. The Morgan fingerprint density at radius 3 is 2.22 bits per heavy atom. The van der Waals surface area contributed by atoms with E-state index < -0.39 is 22.0 Å². The van der Waals surface area contributed by atoms with Gasteiger partial charge in [-0.25, -0.2) is 8.42 Å². The van der Waals surface area contributed by atoms with E-state index in [-0.39, 0.29) is 10.8 Å². The Morgan fingerprint density at radius 1 is 1.04 bits per heavy atom. The van der Waals surface area contributed by atoms with Crippen molar-refractivity contribution in [3.8, 4) is 0 Å². The third kappa shape index (κ3) is 4.48. The van der Waals surface area contributed by atoms with Crippen LogP contribution in [0, 0.1) is 0 Å². The van der Waals surface area contributed by atoms with Crippen LogP contribution in [0.1, 0.15) is 30.1 Å². The van der Waals surface area contributed by atoms with Crippen molar-refractivity contribution in [3.63, 3.8) is 0 Å². The summed E-state index contributed by atoms with van der Waals surface area (Å²) in [6.45, 7) is 4.52. The van der Waals surface area contributed by atoms with Crippen LogP contribution in [0.15, 0.2) is 29.2 Å². The van der Waals surface area contributed by atoms with Crippen molar-refractivity contribution < 1.29 is 22.7 Å². The Kier molecular flexibility index (Phi) is 6.13. The van der Waals surface area contributed by atoms with E-state index in [1.54, 1.807) is 11.8 Å². The number of morpholine rings is 1. The average molecular weight is 395 g/mol. The van der Waals surface area contributed by atoms with Crippen LogP contribution in [0.5, 0.6) is 0 Å². The molecule has 2 saturated heterocycles. The molecule has 2 amide bonds. The highest BCUT2D eigenvalue weighted by molar-refractivity contribution is 7.89. The number of hydrogen-bond acceptors (Lipinski definition) is 5. The van der Waals surface area contributed by atoms with Gasteiger partial charge in [-0.05, 0) is 44.0 Å². The van der Waals surface area contributed by atoms with Crippen molar-refractivity contribution in [2.75, 3.05) is 39.4 Å². The SMILES string of the molecule is C[C@H](NC(=O)c1ccc(S(=O)(=O)N2CCOCC2)cc1)C(=O)N1CCCC1. The van der Waals surface area contributed by atoms with Crippen molar-refractivity contribution in [3.05, 3.63) is 29.8 Å². The number of likely N-dealkylation sites (tertiary alicyclic amines) is 1. The summed E-state index contributed by atoms with van der Waals surface area (Å²) in [6, 6.07) is 5.16. The van der Waals surface area contributed by atoms with Crippen molar-refractivity contribution >= 4 is 21.8 Å². The summed E-state index contributed by atoms with van der Waals surface area (Å²) in [6.07, 6.45) is 1.98. The maximum absolute atomic E-state index is 12.6. The third-order valence-electron chi connectivity index (χ3n) is 4.86. The van der Waals surface area contributed by atoms with Crippen LogP contribution in [0.2, 0.25) is 0 Å². The molecule has 27 heavy (non-hydrogen) atoms. The quantitative estimate of drug-likeness (QED) is 0.781. The van der Waals surface area contributed by atoms with Crippen molar-refractivity contribution in [1.82, 2.24) is 14.5 Å². The molecule has 3 rings (SSSR count). The van der Waals surface area contributed by atoms with Crippen LogP contribution in [0.4, 0.5) is 0 Å². The standard InChI is InChI=1S/C18H25N3O5S/c1-14(18(23)20-8-2-3-9-20)19-17(22)15-4-6-16(7-5-15)27(24,25)21-10-12-26-13-11-21/h4-7,14H,2-3,8-13H2,1H3,(H,19,22)/t14-/m0/s1. The molecule has 0 aromatic heterocycles. The number of carbonyl (C=O) groups excluding carboxylic acids is 2. The van der Waals surface area contributed by atoms with Gasteiger partial charge in [-0.3, -0.25) is 9.59 Å². The molecular weight excluding hydrogens is 370 g/mol. The van der Waals surface area contributed by atoms with E-state index in [4.69, 9.17) is 4.74 Å². The highest BCUT2D eigenvalue weighted by atomic mass is 32.2. The van der Waals surface area contributed by atoms with E-state index in [2.05, 4.69) is 5.32 Å². The Hall–Kier alpha value is -1.97. The molecule has 0 aliphatic carbocycles. The minimum Gasteiger partial charge on any atom is -0.379 e. The maximum atomic E-state index is 12.6. The molecule has 2 heterocycles. The van der Waals surface area contributed by atoms with Gasteiger partial charge in [0, 0.05) is 31.7 Å². The van der Waals surface area contributed by atoms with Crippen LogP contribution in [-0.4, -0.2) is 74.9 Å². The van der Waals surface area contributed by atoms with Crippen molar-refractivity contribution in [2.45, 2.75) is 30.7 Å². The highest BCUT2D eigenvalue weighted by Gasteiger charge is 2.27. The van der Waals surface area contributed by atoms with Crippen LogP contribution < -0.4 is 5.32 Å². The number of nitrogens with zero attached hydrogens (tertiary/aromatic N) is 2. The molecule has 148 valence electrons. The van der Waals surface area contributed by atoms with Gasteiger partial charge in [-0.2, -0.15) is 4.31 Å². The first-order valence-electron chi connectivity index (χ1n) is 9.17. The summed E-state index contributed by atoms with van der Waals surface area (Å²) in [7, 11) is -3.59. The second kappa shape index (κ2) is 8.37. The fraction of sp³-hybridized carbons (Fsp3) is 0.556. The molecule has 0 bridgehead atoms. The van der Waals surface area contributed by atoms with Gasteiger partial charge in [0.05, 0.1) is 18.1 Å². The lowest BCUT2D eigenvalue weighted by molar-refractivity contribution is -0.131. The number of benzene rings is 1. The first-order chi connectivity index (χ1) is 12.9. The van der Waals surface area contributed by atoms with Crippen LogP contribution in [-0.2, 0) is 19.6 Å². The molecule has 0 unspecified atom stereocenters. The predicted octanol–water partition coefficient (Wildman–Crippen LogP) is 0.448. The van der Waals surface area contributed by atoms with Gasteiger partial charge in [0.1, 0.15) is 6.04 Å². The zero-order chi connectivity index (χ0) is 19.4. The first kappa shape index (κ1) is 19.8. The predicted molar refractivity (Wildman–Crippen MR) is 98.8 cm³/mol. The molecule has 1 aromatic carbocycles.